The van der Waals surface area contributed by atoms with E-state index in [4.69, 9.17) is 5.11 Å². The normalized spacial score (nSPS) is 10.4. The lowest BCUT2D eigenvalue weighted by molar-refractivity contribution is 0.282. The Morgan fingerprint density at radius 3 is 2.31 bits per heavy atom. The van der Waals surface area contributed by atoms with Gasteiger partial charge in [-0.1, -0.05) is 36.4 Å². The van der Waals surface area contributed by atoms with Crippen molar-refractivity contribution in [3.8, 4) is 11.1 Å². The van der Waals surface area contributed by atoms with Gasteiger partial charge < -0.3 is 5.11 Å². The van der Waals surface area contributed by atoms with Gasteiger partial charge in [0.25, 0.3) is 0 Å². The molecule has 0 bridgehead atoms. The van der Waals surface area contributed by atoms with Crippen molar-refractivity contribution in [1.82, 2.24) is 0 Å². The highest BCUT2D eigenvalue weighted by Gasteiger charge is 2.07. The molecule has 82 valence electrons. The number of halogens is 1. The lowest BCUT2D eigenvalue weighted by atomic mass is 9.99. The quantitative estimate of drug-likeness (QED) is 0.816. The van der Waals surface area contributed by atoms with Crippen LogP contribution in [-0.4, -0.2) is 5.11 Å². The number of aliphatic hydroxyl groups excluding tert-OH is 1. The van der Waals surface area contributed by atoms with Crippen molar-refractivity contribution < 1.29 is 9.50 Å². The SMILES string of the molecule is Cc1cccc(F)c1-c1ccc(CO)cc1. The zero-order valence-corrected chi connectivity index (χ0v) is 9.07. The molecule has 0 spiro atoms. The van der Waals surface area contributed by atoms with E-state index in [9.17, 15) is 4.39 Å². The fourth-order valence-electron chi connectivity index (χ4n) is 1.77. The molecule has 0 atom stereocenters. The van der Waals surface area contributed by atoms with Gasteiger partial charge in [-0.05, 0) is 29.7 Å². The largest absolute Gasteiger partial charge is 0.392 e. The summed E-state index contributed by atoms with van der Waals surface area (Å²) in [6, 6.07) is 12.3. The standard InChI is InChI=1S/C14H13FO/c1-10-3-2-4-13(15)14(10)12-7-5-11(9-16)6-8-12/h2-8,16H,9H2,1H3. The Hall–Kier alpha value is -1.67. The van der Waals surface area contributed by atoms with Gasteiger partial charge in [-0.15, -0.1) is 0 Å². The second kappa shape index (κ2) is 4.45. The third kappa shape index (κ3) is 1.97. The summed E-state index contributed by atoms with van der Waals surface area (Å²) >= 11 is 0. The van der Waals surface area contributed by atoms with Gasteiger partial charge in [0, 0.05) is 5.56 Å². The van der Waals surface area contributed by atoms with E-state index >= 15 is 0 Å². The lowest BCUT2D eigenvalue weighted by Gasteiger charge is -2.07. The van der Waals surface area contributed by atoms with Crippen LogP contribution in [0.25, 0.3) is 11.1 Å². The Labute approximate surface area is 94.2 Å². The van der Waals surface area contributed by atoms with E-state index in [1.165, 1.54) is 6.07 Å². The summed E-state index contributed by atoms with van der Waals surface area (Å²) in [7, 11) is 0. The van der Waals surface area contributed by atoms with Gasteiger partial charge >= 0.3 is 0 Å². The van der Waals surface area contributed by atoms with Crippen LogP contribution in [0.2, 0.25) is 0 Å². The van der Waals surface area contributed by atoms with Gasteiger partial charge in [-0.2, -0.15) is 0 Å². The van der Waals surface area contributed by atoms with Crippen LogP contribution >= 0.6 is 0 Å². The molecule has 0 amide bonds. The molecule has 2 rings (SSSR count). The summed E-state index contributed by atoms with van der Waals surface area (Å²) in [4.78, 5) is 0. The van der Waals surface area contributed by atoms with Crippen molar-refractivity contribution in [3.63, 3.8) is 0 Å². The Balaban J connectivity index is 2.50. The molecule has 2 aromatic carbocycles. The first-order valence-corrected chi connectivity index (χ1v) is 5.17. The maximum Gasteiger partial charge on any atom is 0.131 e. The predicted molar refractivity (Wildman–Crippen MR) is 62.5 cm³/mol. The topological polar surface area (TPSA) is 20.2 Å². The highest BCUT2D eigenvalue weighted by Crippen LogP contribution is 2.26. The van der Waals surface area contributed by atoms with Crippen LogP contribution in [0.15, 0.2) is 42.5 Å². The van der Waals surface area contributed by atoms with Gasteiger partial charge in [0.15, 0.2) is 0 Å². The van der Waals surface area contributed by atoms with Gasteiger partial charge in [-0.25, -0.2) is 4.39 Å². The molecular formula is C14H13FO. The molecule has 0 aliphatic heterocycles. The molecule has 0 unspecified atom stereocenters. The highest BCUT2D eigenvalue weighted by molar-refractivity contribution is 5.67. The third-order valence-electron chi connectivity index (χ3n) is 2.65. The Bertz CT molecular complexity index is 468. The van der Waals surface area contributed by atoms with Gasteiger partial charge in [0.05, 0.1) is 6.61 Å². The number of benzene rings is 2. The Morgan fingerprint density at radius 1 is 1.06 bits per heavy atom. The minimum Gasteiger partial charge on any atom is -0.392 e. The minimum atomic E-state index is -0.211. The number of aryl methyl sites for hydroxylation is 1. The van der Waals surface area contributed by atoms with Crippen molar-refractivity contribution in [3.05, 3.63) is 59.4 Å². The highest BCUT2D eigenvalue weighted by atomic mass is 19.1. The van der Waals surface area contributed by atoms with E-state index < -0.39 is 0 Å². The first-order valence-electron chi connectivity index (χ1n) is 5.17. The second-order valence-corrected chi connectivity index (χ2v) is 3.79. The number of rotatable bonds is 2. The lowest BCUT2D eigenvalue weighted by Crippen LogP contribution is -1.89. The first kappa shape index (κ1) is 10.8. The molecule has 2 heteroatoms. The fraction of sp³-hybridized carbons (Fsp3) is 0.143. The van der Waals surface area contributed by atoms with Gasteiger partial charge in [0.1, 0.15) is 5.82 Å². The molecule has 0 heterocycles. The number of hydrogen-bond donors (Lipinski definition) is 1. The molecular weight excluding hydrogens is 203 g/mol. The molecule has 0 radical (unpaired) electrons. The summed E-state index contributed by atoms with van der Waals surface area (Å²) < 4.78 is 13.7. The van der Waals surface area contributed by atoms with E-state index in [1.54, 1.807) is 18.2 Å². The van der Waals surface area contributed by atoms with Crippen LogP contribution in [0.4, 0.5) is 4.39 Å². The number of aliphatic hydroxyl groups is 1. The molecule has 0 fully saturated rings. The first-order chi connectivity index (χ1) is 7.72. The van der Waals surface area contributed by atoms with Gasteiger partial charge in [0.2, 0.25) is 0 Å². The van der Waals surface area contributed by atoms with Crippen LogP contribution in [-0.2, 0) is 6.61 Å². The summed E-state index contributed by atoms with van der Waals surface area (Å²) in [5.41, 5.74) is 3.22. The summed E-state index contributed by atoms with van der Waals surface area (Å²) in [5.74, 6) is -0.211. The predicted octanol–water partition coefficient (Wildman–Crippen LogP) is 3.29. The summed E-state index contributed by atoms with van der Waals surface area (Å²) in [5, 5.41) is 8.93. The third-order valence-corrected chi connectivity index (χ3v) is 2.65. The zero-order chi connectivity index (χ0) is 11.5. The Morgan fingerprint density at radius 2 is 1.75 bits per heavy atom. The Kier molecular flexibility index (Phi) is 3.02. The molecule has 0 aliphatic carbocycles. The van der Waals surface area contributed by atoms with E-state index in [0.717, 1.165) is 16.7 Å². The van der Waals surface area contributed by atoms with E-state index in [1.807, 2.05) is 25.1 Å². The molecule has 1 nitrogen and oxygen atoms in total. The average molecular weight is 216 g/mol. The van der Waals surface area contributed by atoms with Crippen molar-refractivity contribution >= 4 is 0 Å². The van der Waals surface area contributed by atoms with E-state index in [0.29, 0.717) is 5.56 Å². The minimum absolute atomic E-state index is 0.0105. The maximum absolute atomic E-state index is 13.7. The summed E-state index contributed by atoms with van der Waals surface area (Å²) in [6.07, 6.45) is 0. The maximum atomic E-state index is 13.7. The van der Waals surface area contributed by atoms with Crippen LogP contribution < -0.4 is 0 Å². The monoisotopic (exact) mass is 216 g/mol. The zero-order valence-electron chi connectivity index (χ0n) is 9.07. The van der Waals surface area contributed by atoms with Crippen molar-refractivity contribution in [2.75, 3.05) is 0 Å². The molecule has 16 heavy (non-hydrogen) atoms. The van der Waals surface area contributed by atoms with Crippen LogP contribution in [0.1, 0.15) is 11.1 Å². The van der Waals surface area contributed by atoms with Crippen LogP contribution in [0.5, 0.6) is 0 Å². The molecule has 0 aliphatic rings. The van der Waals surface area contributed by atoms with Crippen molar-refractivity contribution in [1.29, 1.82) is 0 Å². The van der Waals surface area contributed by atoms with Crippen molar-refractivity contribution in [2.24, 2.45) is 0 Å². The van der Waals surface area contributed by atoms with Crippen LogP contribution in [0.3, 0.4) is 0 Å². The molecule has 0 saturated heterocycles. The smallest absolute Gasteiger partial charge is 0.131 e. The number of hydrogen-bond acceptors (Lipinski definition) is 1. The second-order valence-electron chi connectivity index (χ2n) is 3.79. The molecule has 2 aromatic rings. The fourth-order valence-corrected chi connectivity index (χ4v) is 1.77. The average Bonchev–Trinajstić information content (AvgIpc) is 2.30. The molecule has 0 saturated carbocycles. The van der Waals surface area contributed by atoms with Crippen molar-refractivity contribution in [2.45, 2.75) is 13.5 Å². The van der Waals surface area contributed by atoms with E-state index in [-0.39, 0.29) is 12.4 Å². The summed E-state index contributed by atoms with van der Waals surface area (Å²) in [6.45, 7) is 1.90. The molecule has 1 N–H and O–H groups in total. The van der Waals surface area contributed by atoms with Crippen LogP contribution in [0, 0.1) is 12.7 Å². The van der Waals surface area contributed by atoms with E-state index in [2.05, 4.69) is 0 Å². The van der Waals surface area contributed by atoms with Gasteiger partial charge in [-0.3, -0.25) is 0 Å². The molecule has 0 aromatic heterocycles.